The summed E-state index contributed by atoms with van der Waals surface area (Å²) in [5.74, 6) is -0.678. The Balaban J connectivity index is 2.00. The van der Waals surface area contributed by atoms with E-state index >= 15 is 0 Å². The molecule has 10 nitrogen and oxygen atoms in total. The first-order valence-electron chi connectivity index (χ1n) is 10.6. The second kappa shape index (κ2) is 9.55. The van der Waals surface area contributed by atoms with Gasteiger partial charge in [-0.1, -0.05) is 41.7 Å². The number of aromatic hydroxyl groups is 1. The number of allylic oxidation sites excluding steroid dienone is 1. The van der Waals surface area contributed by atoms with Crippen LogP contribution in [0.4, 0.5) is 5.69 Å². The predicted molar refractivity (Wildman–Crippen MR) is 128 cm³/mol. The van der Waals surface area contributed by atoms with Crippen molar-refractivity contribution >= 4 is 29.1 Å². The summed E-state index contributed by atoms with van der Waals surface area (Å²) in [5, 5.41) is 21.5. The Morgan fingerprint density at radius 3 is 2.71 bits per heavy atom. The zero-order valence-corrected chi connectivity index (χ0v) is 19.9. The summed E-state index contributed by atoms with van der Waals surface area (Å²) in [6.45, 7) is 3.50. The minimum Gasteiger partial charge on any atom is -0.502 e. The highest BCUT2D eigenvalue weighted by molar-refractivity contribution is 7.07. The van der Waals surface area contributed by atoms with E-state index in [4.69, 9.17) is 9.47 Å². The molecule has 2 heterocycles. The van der Waals surface area contributed by atoms with Crippen LogP contribution in [0, 0.1) is 10.1 Å². The van der Waals surface area contributed by atoms with Gasteiger partial charge in [0, 0.05) is 17.2 Å². The number of benzene rings is 2. The lowest BCUT2D eigenvalue weighted by Gasteiger charge is -2.25. The third-order valence-electron chi connectivity index (χ3n) is 5.48. The fraction of sp³-hybridized carbons (Fsp3) is 0.208. The van der Waals surface area contributed by atoms with E-state index in [1.165, 1.54) is 36.0 Å². The molecule has 0 saturated heterocycles. The number of nitro groups is 1. The molecule has 1 aromatic heterocycles. The fourth-order valence-corrected chi connectivity index (χ4v) is 4.97. The Kier molecular flexibility index (Phi) is 6.52. The minimum atomic E-state index is -0.873. The quantitative estimate of drug-likeness (QED) is 0.315. The van der Waals surface area contributed by atoms with Gasteiger partial charge in [0.25, 0.3) is 5.56 Å². The van der Waals surface area contributed by atoms with Gasteiger partial charge in [-0.15, -0.1) is 0 Å². The zero-order chi connectivity index (χ0) is 25.3. The molecule has 1 aliphatic rings. The lowest BCUT2D eigenvalue weighted by molar-refractivity contribution is -0.385. The summed E-state index contributed by atoms with van der Waals surface area (Å²) in [7, 11) is 1.49. The van der Waals surface area contributed by atoms with E-state index in [9.17, 15) is 24.8 Å². The highest BCUT2D eigenvalue weighted by Crippen LogP contribution is 2.35. The number of ether oxygens (including phenoxy) is 2. The second-order valence-electron chi connectivity index (χ2n) is 7.52. The number of nitro benzene ring substituents is 1. The highest BCUT2D eigenvalue weighted by atomic mass is 32.1. The van der Waals surface area contributed by atoms with Crippen molar-refractivity contribution in [1.29, 1.82) is 0 Å². The van der Waals surface area contributed by atoms with E-state index in [0.717, 1.165) is 11.3 Å². The average Bonchev–Trinajstić information content (AvgIpc) is 3.13. The maximum Gasteiger partial charge on any atom is 0.338 e. The Morgan fingerprint density at radius 1 is 1.29 bits per heavy atom. The molecule has 0 fully saturated rings. The van der Waals surface area contributed by atoms with Crippen molar-refractivity contribution in [2.45, 2.75) is 19.9 Å². The molecule has 3 aromatic rings. The zero-order valence-electron chi connectivity index (χ0n) is 19.0. The molecule has 35 heavy (non-hydrogen) atoms. The van der Waals surface area contributed by atoms with Crippen molar-refractivity contribution in [3.63, 3.8) is 0 Å². The van der Waals surface area contributed by atoms with Gasteiger partial charge >= 0.3 is 11.7 Å². The number of nitrogens with zero attached hydrogens (tertiary/aromatic N) is 3. The van der Waals surface area contributed by atoms with Crippen LogP contribution in [-0.4, -0.2) is 34.3 Å². The first-order valence-corrected chi connectivity index (χ1v) is 11.4. The van der Waals surface area contributed by atoms with Gasteiger partial charge in [-0.25, -0.2) is 9.79 Å². The Hall–Kier alpha value is -4.25. The van der Waals surface area contributed by atoms with Gasteiger partial charge in [0.15, 0.2) is 4.80 Å². The summed E-state index contributed by atoms with van der Waals surface area (Å²) < 4.78 is 12.3. The molecule has 11 heteroatoms. The number of esters is 1. The number of phenols is 1. The number of carbonyl (C=O) groups excluding carboxylic acids is 1. The van der Waals surface area contributed by atoms with Gasteiger partial charge in [0.05, 0.1) is 34.4 Å². The number of methoxy groups -OCH3 is 1. The smallest absolute Gasteiger partial charge is 0.338 e. The number of carbonyl (C=O) groups is 1. The van der Waals surface area contributed by atoms with Crippen molar-refractivity contribution in [3.05, 3.63) is 94.7 Å². The lowest BCUT2D eigenvalue weighted by Crippen LogP contribution is -2.40. The van der Waals surface area contributed by atoms with E-state index < -0.39 is 33.9 Å². The molecule has 1 aliphatic heterocycles. The van der Waals surface area contributed by atoms with Crippen LogP contribution in [0.5, 0.6) is 11.5 Å². The fourth-order valence-electron chi connectivity index (χ4n) is 3.93. The Morgan fingerprint density at radius 2 is 2.03 bits per heavy atom. The van der Waals surface area contributed by atoms with Crippen molar-refractivity contribution in [1.82, 2.24) is 4.57 Å². The van der Waals surface area contributed by atoms with Gasteiger partial charge in [0.2, 0.25) is 5.75 Å². The molecule has 4 rings (SSSR count). The Labute approximate surface area is 202 Å². The third kappa shape index (κ3) is 4.21. The molecule has 1 N–H and O–H groups in total. The number of aromatic nitrogens is 1. The van der Waals surface area contributed by atoms with E-state index in [1.807, 2.05) is 0 Å². The number of para-hydroxylation sites is 2. The van der Waals surface area contributed by atoms with Crippen LogP contribution < -0.4 is 19.6 Å². The monoisotopic (exact) mass is 495 g/mol. The number of fused-ring (bicyclic) bond motifs is 1. The highest BCUT2D eigenvalue weighted by Gasteiger charge is 2.35. The molecule has 0 aliphatic carbocycles. The minimum absolute atomic E-state index is 0.111. The van der Waals surface area contributed by atoms with Crippen molar-refractivity contribution < 1.29 is 24.3 Å². The lowest BCUT2D eigenvalue weighted by atomic mass is 9.95. The van der Waals surface area contributed by atoms with E-state index in [-0.39, 0.29) is 22.3 Å². The van der Waals surface area contributed by atoms with E-state index in [2.05, 4.69) is 4.99 Å². The first-order chi connectivity index (χ1) is 16.8. The third-order valence-corrected chi connectivity index (χ3v) is 6.46. The number of thiazole rings is 1. The van der Waals surface area contributed by atoms with Crippen LogP contribution in [0.1, 0.15) is 31.0 Å². The summed E-state index contributed by atoms with van der Waals surface area (Å²) in [6, 6.07) is 10.2. The molecule has 0 bridgehead atoms. The molecule has 0 saturated carbocycles. The SMILES string of the molecule is CCOC(=O)C1=C(C)N=c2s/c(=C/c3cccc([N+](=O)[O-])c3O)c(=O)n2[C@@H]1c1ccccc1OC. The summed E-state index contributed by atoms with van der Waals surface area (Å²) >= 11 is 1.04. The summed E-state index contributed by atoms with van der Waals surface area (Å²) in [4.78, 5) is 41.9. The van der Waals surface area contributed by atoms with Gasteiger partial charge in [-0.05, 0) is 26.0 Å². The second-order valence-corrected chi connectivity index (χ2v) is 8.53. The van der Waals surface area contributed by atoms with Gasteiger partial charge < -0.3 is 14.6 Å². The van der Waals surface area contributed by atoms with Crippen LogP contribution in [-0.2, 0) is 9.53 Å². The van der Waals surface area contributed by atoms with Crippen LogP contribution in [0.25, 0.3) is 6.08 Å². The van der Waals surface area contributed by atoms with Crippen molar-refractivity contribution in [3.8, 4) is 11.5 Å². The number of phenolic OH excluding ortho intramolecular Hbond substituents is 1. The van der Waals surface area contributed by atoms with E-state index in [1.54, 1.807) is 38.1 Å². The van der Waals surface area contributed by atoms with Crippen LogP contribution >= 0.6 is 11.3 Å². The standard InChI is InChI=1S/C24H21N3O7S/c1-4-34-23(30)19-13(2)25-24-26(20(19)15-9-5-6-11-17(15)33-3)22(29)18(35-24)12-14-8-7-10-16(21(14)28)27(31)32/h5-12,20,28H,4H2,1-3H3/b18-12+/t20-/m1/s1. The molecule has 2 aromatic carbocycles. The average molecular weight is 496 g/mol. The van der Waals surface area contributed by atoms with Crippen LogP contribution in [0.3, 0.4) is 0 Å². The van der Waals surface area contributed by atoms with Gasteiger partial charge in [-0.3, -0.25) is 19.5 Å². The largest absolute Gasteiger partial charge is 0.502 e. The normalized spacial score (nSPS) is 15.4. The topological polar surface area (TPSA) is 133 Å². The molecule has 1 atom stereocenters. The first kappa shape index (κ1) is 23.9. The molecule has 180 valence electrons. The molecular weight excluding hydrogens is 474 g/mol. The molecule has 0 spiro atoms. The van der Waals surface area contributed by atoms with Crippen LogP contribution in [0.15, 0.2) is 63.5 Å². The van der Waals surface area contributed by atoms with Gasteiger partial charge in [0.1, 0.15) is 11.8 Å². The summed E-state index contributed by atoms with van der Waals surface area (Å²) in [5.41, 5.74) is 0.320. The van der Waals surface area contributed by atoms with Gasteiger partial charge in [-0.2, -0.15) is 0 Å². The number of hydrogen-bond donors (Lipinski definition) is 1. The summed E-state index contributed by atoms with van der Waals surface area (Å²) in [6.07, 6.45) is 1.37. The molecule has 0 unspecified atom stereocenters. The molecular formula is C24H21N3O7S. The number of rotatable bonds is 6. The maximum absolute atomic E-state index is 13.6. The van der Waals surface area contributed by atoms with E-state index in [0.29, 0.717) is 21.8 Å². The maximum atomic E-state index is 13.6. The van der Waals surface area contributed by atoms with Crippen LogP contribution in [0.2, 0.25) is 0 Å². The number of hydrogen-bond acceptors (Lipinski definition) is 9. The Bertz CT molecular complexity index is 1550. The van der Waals surface area contributed by atoms with Crippen molar-refractivity contribution in [2.75, 3.05) is 13.7 Å². The molecule has 0 radical (unpaired) electrons. The van der Waals surface area contributed by atoms with Crippen molar-refractivity contribution in [2.24, 2.45) is 4.99 Å². The predicted octanol–water partition coefficient (Wildman–Crippen LogP) is 2.42. The molecule has 0 amide bonds.